The smallest absolute Gasteiger partial charge is 0.275 e. The van der Waals surface area contributed by atoms with E-state index < -0.39 is 11.9 Å². The van der Waals surface area contributed by atoms with Gasteiger partial charge in [-0.05, 0) is 17.7 Å². The Bertz CT molecular complexity index is 741. The average Bonchev–Trinajstić information content (AvgIpc) is 3.41. The molecule has 3 aliphatic heterocycles. The second kappa shape index (κ2) is 3.72. The number of hydrogen-bond acceptors (Lipinski definition) is 4. The number of para-hydroxylation sites is 1. The number of carbonyl (C=O) groups is 1. The van der Waals surface area contributed by atoms with Gasteiger partial charge in [-0.15, -0.1) is 0 Å². The number of hydrogen-bond donors (Lipinski definition) is 0. The van der Waals surface area contributed by atoms with Gasteiger partial charge >= 0.3 is 0 Å². The van der Waals surface area contributed by atoms with Crippen molar-refractivity contribution in [3.05, 3.63) is 65.7 Å². The number of carbonyl (C=O) groups excluding carboxylic acids is 1. The van der Waals surface area contributed by atoms with Crippen LogP contribution < -0.4 is 4.74 Å². The number of benzene rings is 2. The zero-order chi connectivity index (χ0) is 14.0. The Balaban J connectivity index is 1.47. The predicted molar refractivity (Wildman–Crippen MR) is 73.1 cm³/mol. The molecule has 2 aromatic rings. The summed E-state index contributed by atoms with van der Waals surface area (Å²) < 4.78 is 17.4. The summed E-state index contributed by atoms with van der Waals surface area (Å²) in [7, 11) is 0. The lowest BCUT2D eigenvalue weighted by molar-refractivity contribution is 0.0326. The van der Waals surface area contributed by atoms with Gasteiger partial charge in [-0.2, -0.15) is 0 Å². The monoisotopic (exact) mass is 280 g/mol. The summed E-state index contributed by atoms with van der Waals surface area (Å²) in [5, 5.41) is 0. The van der Waals surface area contributed by atoms with Crippen molar-refractivity contribution in [3.8, 4) is 5.75 Å². The highest BCUT2D eigenvalue weighted by Crippen LogP contribution is 2.58. The maximum Gasteiger partial charge on any atom is 0.275 e. The van der Waals surface area contributed by atoms with Crippen LogP contribution >= 0.6 is 0 Å². The normalized spacial score (nSPS) is 35.4. The van der Waals surface area contributed by atoms with Gasteiger partial charge in [-0.1, -0.05) is 42.5 Å². The van der Waals surface area contributed by atoms with Crippen LogP contribution in [-0.4, -0.2) is 23.8 Å². The van der Waals surface area contributed by atoms with Crippen molar-refractivity contribution >= 4 is 5.78 Å². The standard InChI is InChI=1S/C17H12O4/c18-13-11-8-4-5-9-12(11)20-17(15(13)21-17)16-14(19-16)10-6-2-1-3-7-10/h1-9,14-16H/t14?,15-,16?,17+/m0/s1. The van der Waals surface area contributed by atoms with Crippen molar-refractivity contribution in [3.63, 3.8) is 0 Å². The van der Waals surface area contributed by atoms with Crippen LogP contribution in [0.15, 0.2) is 54.6 Å². The highest BCUT2D eigenvalue weighted by molar-refractivity contribution is 6.05. The molecule has 0 spiro atoms. The lowest BCUT2D eigenvalue weighted by Crippen LogP contribution is -2.37. The molecule has 0 aliphatic carbocycles. The van der Waals surface area contributed by atoms with E-state index in [4.69, 9.17) is 14.2 Å². The second-order valence-electron chi connectivity index (χ2n) is 5.57. The first kappa shape index (κ1) is 11.5. The minimum absolute atomic E-state index is 0.0147. The Hall–Kier alpha value is -2.17. The molecule has 3 aliphatic rings. The molecule has 0 saturated carbocycles. The summed E-state index contributed by atoms with van der Waals surface area (Å²) in [5.74, 6) is -0.357. The van der Waals surface area contributed by atoms with E-state index >= 15 is 0 Å². The minimum atomic E-state index is -0.925. The Morgan fingerprint density at radius 2 is 1.71 bits per heavy atom. The van der Waals surface area contributed by atoms with E-state index in [1.165, 1.54) is 0 Å². The molecule has 5 rings (SSSR count). The summed E-state index contributed by atoms with van der Waals surface area (Å²) in [6.45, 7) is 0. The predicted octanol–water partition coefficient (Wildman–Crippen LogP) is 2.50. The first-order chi connectivity index (χ1) is 10.3. The summed E-state index contributed by atoms with van der Waals surface area (Å²) >= 11 is 0. The maximum absolute atomic E-state index is 12.4. The van der Waals surface area contributed by atoms with Gasteiger partial charge in [0.25, 0.3) is 5.79 Å². The van der Waals surface area contributed by atoms with Crippen LogP contribution in [-0.2, 0) is 9.47 Å². The van der Waals surface area contributed by atoms with Gasteiger partial charge in [-0.25, -0.2) is 0 Å². The van der Waals surface area contributed by atoms with Crippen LogP contribution in [0.3, 0.4) is 0 Å². The molecule has 0 aromatic heterocycles. The van der Waals surface area contributed by atoms with Crippen LogP contribution in [0.5, 0.6) is 5.75 Å². The Kier molecular flexibility index (Phi) is 2.04. The van der Waals surface area contributed by atoms with Crippen LogP contribution in [0, 0.1) is 0 Å². The Labute approximate surface area is 121 Å². The number of rotatable bonds is 2. The molecule has 0 radical (unpaired) electrons. The minimum Gasteiger partial charge on any atom is -0.455 e. The van der Waals surface area contributed by atoms with E-state index in [2.05, 4.69) is 0 Å². The third kappa shape index (κ3) is 1.49. The quantitative estimate of drug-likeness (QED) is 0.793. The first-order valence-corrected chi connectivity index (χ1v) is 7.00. The largest absolute Gasteiger partial charge is 0.455 e. The SMILES string of the molecule is O=C1c2ccccc2O[C@@]2(C3OC3c3ccccc3)O[C@@H]12. The molecule has 2 saturated heterocycles. The van der Waals surface area contributed by atoms with E-state index in [0.29, 0.717) is 11.3 Å². The number of ether oxygens (including phenoxy) is 3. The first-order valence-electron chi connectivity index (χ1n) is 7.00. The Morgan fingerprint density at radius 1 is 0.952 bits per heavy atom. The average molecular weight is 280 g/mol. The molecular formula is C17H12O4. The number of epoxide rings is 2. The summed E-state index contributed by atoms with van der Waals surface area (Å²) in [5.41, 5.74) is 1.67. The van der Waals surface area contributed by atoms with Crippen molar-refractivity contribution < 1.29 is 19.0 Å². The number of fused-ring (bicyclic) bond motifs is 2. The van der Waals surface area contributed by atoms with Crippen molar-refractivity contribution in [1.82, 2.24) is 0 Å². The molecule has 2 fully saturated rings. The lowest BCUT2D eigenvalue weighted by Gasteiger charge is -2.19. The van der Waals surface area contributed by atoms with Gasteiger partial charge in [0.05, 0.1) is 5.56 Å². The van der Waals surface area contributed by atoms with Crippen LogP contribution in [0.2, 0.25) is 0 Å². The van der Waals surface area contributed by atoms with Crippen molar-refractivity contribution in [2.75, 3.05) is 0 Å². The van der Waals surface area contributed by atoms with Gasteiger partial charge in [-0.3, -0.25) is 4.79 Å². The molecule has 2 unspecified atom stereocenters. The number of ketones is 1. The van der Waals surface area contributed by atoms with Gasteiger partial charge in [0.2, 0.25) is 5.78 Å². The summed E-state index contributed by atoms with van der Waals surface area (Å²) in [6, 6.07) is 17.2. The third-order valence-electron chi connectivity index (χ3n) is 4.29. The van der Waals surface area contributed by atoms with Gasteiger partial charge in [0.1, 0.15) is 11.9 Å². The molecule has 0 bridgehead atoms. The van der Waals surface area contributed by atoms with Crippen LogP contribution in [0.25, 0.3) is 0 Å². The van der Waals surface area contributed by atoms with E-state index in [0.717, 1.165) is 5.56 Å². The zero-order valence-corrected chi connectivity index (χ0v) is 11.1. The van der Waals surface area contributed by atoms with Crippen molar-refractivity contribution in [2.45, 2.75) is 24.1 Å². The topological polar surface area (TPSA) is 51.4 Å². The van der Waals surface area contributed by atoms with E-state index in [1.54, 1.807) is 12.1 Å². The molecule has 4 nitrogen and oxygen atoms in total. The molecule has 4 heteroatoms. The molecule has 104 valence electrons. The third-order valence-corrected chi connectivity index (χ3v) is 4.29. The summed E-state index contributed by atoms with van der Waals surface area (Å²) in [6.07, 6.45) is -0.817. The fourth-order valence-electron chi connectivity index (χ4n) is 3.13. The van der Waals surface area contributed by atoms with E-state index in [1.807, 2.05) is 42.5 Å². The maximum atomic E-state index is 12.4. The van der Waals surface area contributed by atoms with E-state index in [9.17, 15) is 4.79 Å². The van der Waals surface area contributed by atoms with Crippen molar-refractivity contribution in [1.29, 1.82) is 0 Å². The lowest BCUT2D eigenvalue weighted by atomic mass is 9.97. The molecular weight excluding hydrogens is 268 g/mol. The molecule has 0 N–H and O–H groups in total. The molecule has 0 amide bonds. The fraction of sp³-hybridized carbons (Fsp3) is 0.235. The second-order valence-corrected chi connectivity index (χ2v) is 5.57. The fourth-order valence-corrected chi connectivity index (χ4v) is 3.13. The van der Waals surface area contributed by atoms with E-state index in [-0.39, 0.29) is 18.0 Å². The van der Waals surface area contributed by atoms with Gasteiger partial charge in [0, 0.05) is 0 Å². The molecule has 4 atom stereocenters. The highest BCUT2D eigenvalue weighted by atomic mass is 16.8. The van der Waals surface area contributed by atoms with Gasteiger partial charge in [0.15, 0.2) is 12.2 Å². The van der Waals surface area contributed by atoms with Crippen LogP contribution in [0.1, 0.15) is 22.0 Å². The highest BCUT2D eigenvalue weighted by Gasteiger charge is 2.77. The Morgan fingerprint density at radius 3 is 2.57 bits per heavy atom. The zero-order valence-electron chi connectivity index (χ0n) is 11.1. The van der Waals surface area contributed by atoms with Gasteiger partial charge < -0.3 is 14.2 Å². The number of Topliss-reactive ketones (excluding diaryl/α,β-unsaturated/α-hetero) is 1. The molecule has 2 aromatic carbocycles. The van der Waals surface area contributed by atoms with Crippen LogP contribution in [0.4, 0.5) is 0 Å². The molecule has 21 heavy (non-hydrogen) atoms. The van der Waals surface area contributed by atoms with Crippen molar-refractivity contribution in [2.24, 2.45) is 0 Å². The summed E-state index contributed by atoms with van der Waals surface area (Å²) in [4.78, 5) is 12.4. The molecule has 3 heterocycles.